The zero-order valence-electron chi connectivity index (χ0n) is 11.2. The molecule has 21 heavy (non-hydrogen) atoms. The Bertz CT molecular complexity index is 855. The first-order valence-corrected chi connectivity index (χ1v) is 6.73. The first kappa shape index (κ1) is 13.6. The van der Waals surface area contributed by atoms with Gasteiger partial charge in [0.05, 0.1) is 11.3 Å². The zero-order chi connectivity index (χ0) is 15.0. The Balaban J connectivity index is 2.09. The number of aliphatic imine (C=N–C) groups is 1. The summed E-state index contributed by atoms with van der Waals surface area (Å²) in [7, 11) is 0. The van der Waals surface area contributed by atoms with Crippen molar-refractivity contribution in [2.45, 2.75) is 6.92 Å². The number of nitrogens with zero attached hydrogens (tertiary/aromatic N) is 1. The Morgan fingerprint density at radius 1 is 1.24 bits per heavy atom. The summed E-state index contributed by atoms with van der Waals surface area (Å²) in [6.45, 7) is 1.91. The molecule has 2 aromatic carbocycles. The highest BCUT2D eigenvalue weighted by Gasteiger charge is 2.09. The van der Waals surface area contributed by atoms with E-state index in [4.69, 9.17) is 11.6 Å². The maximum atomic E-state index is 13.3. The van der Waals surface area contributed by atoms with Crippen molar-refractivity contribution in [3.05, 3.63) is 58.4 Å². The van der Waals surface area contributed by atoms with Crippen molar-refractivity contribution in [2.24, 2.45) is 4.99 Å². The molecule has 106 valence electrons. The third kappa shape index (κ3) is 2.62. The third-order valence-corrected chi connectivity index (χ3v) is 3.52. The molecule has 0 atom stereocenters. The number of fused-ring (bicyclic) bond motifs is 1. The van der Waals surface area contributed by atoms with Crippen molar-refractivity contribution in [2.75, 3.05) is 0 Å². The molecular formula is C16H12ClFN2O. The zero-order valence-corrected chi connectivity index (χ0v) is 11.9. The van der Waals surface area contributed by atoms with Crippen LogP contribution in [0.3, 0.4) is 0 Å². The summed E-state index contributed by atoms with van der Waals surface area (Å²) in [5.41, 5.74) is 2.76. The molecular weight excluding hydrogens is 291 g/mol. The quantitative estimate of drug-likeness (QED) is 0.661. The minimum atomic E-state index is -0.366. The number of aromatic nitrogens is 1. The van der Waals surface area contributed by atoms with Crippen LogP contribution in [0.2, 0.25) is 5.02 Å². The molecule has 3 nitrogen and oxygen atoms in total. The van der Waals surface area contributed by atoms with E-state index in [1.54, 1.807) is 18.2 Å². The molecule has 0 fully saturated rings. The van der Waals surface area contributed by atoms with Crippen LogP contribution < -0.4 is 0 Å². The maximum absolute atomic E-state index is 13.3. The van der Waals surface area contributed by atoms with Gasteiger partial charge in [0, 0.05) is 22.1 Å². The molecule has 0 unspecified atom stereocenters. The summed E-state index contributed by atoms with van der Waals surface area (Å²) in [5, 5.41) is 11.1. The smallest absolute Gasteiger partial charge is 0.198 e. The Morgan fingerprint density at radius 3 is 2.86 bits per heavy atom. The van der Waals surface area contributed by atoms with Gasteiger partial charge in [-0.2, -0.15) is 0 Å². The first-order valence-electron chi connectivity index (χ1n) is 6.35. The van der Waals surface area contributed by atoms with Gasteiger partial charge in [0.25, 0.3) is 0 Å². The third-order valence-electron chi connectivity index (χ3n) is 3.28. The van der Waals surface area contributed by atoms with Crippen LogP contribution in [-0.2, 0) is 0 Å². The Morgan fingerprint density at radius 2 is 2.05 bits per heavy atom. The van der Waals surface area contributed by atoms with Crippen molar-refractivity contribution in [3.63, 3.8) is 0 Å². The summed E-state index contributed by atoms with van der Waals surface area (Å²) >= 11 is 5.95. The van der Waals surface area contributed by atoms with Crippen LogP contribution in [0.5, 0.6) is 5.88 Å². The van der Waals surface area contributed by atoms with E-state index in [-0.39, 0.29) is 11.7 Å². The lowest BCUT2D eigenvalue weighted by Crippen LogP contribution is -1.82. The fourth-order valence-corrected chi connectivity index (χ4v) is 2.32. The van der Waals surface area contributed by atoms with Crippen molar-refractivity contribution < 1.29 is 9.50 Å². The average molecular weight is 303 g/mol. The van der Waals surface area contributed by atoms with Crippen LogP contribution in [0.15, 0.2) is 41.4 Å². The molecule has 5 heteroatoms. The maximum Gasteiger partial charge on any atom is 0.198 e. The lowest BCUT2D eigenvalue weighted by molar-refractivity contribution is 0.457. The predicted molar refractivity (Wildman–Crippen MR) is 83.4 cm³/mol. The van der Waals surface area contributed by atoms with E-state index >= 15 is 0 Å². The molecule has 0 amide bonds. The van der Waals surface area contributed by atoms with Crippen molar-refractivity contribution in [1.82, 2.24) is 4.98 Å². The highest BCUT2D eigenvalue weighted by atomic mass is 35.5. The van der Waals surface area contributed by atoms with Crippen LogP contribution in [0.4, 0.5) is 10.1 Å². The second kappa shape index (κ2) is 5.22. The van der Waals surface area contributed by atoms with Crippen molar-refractivity contribution in [3.8, 4) is 5.88 Å². The molecule has 1 aromatic heterocycles. The van der Waals surface area contributed by atoms with Gasteiger partial charge in [0.2, 0.25) is 0 Å². The standard InChI is InChI=1S/C16H12ClFN2O/c1-9-2-3-10(17)6-15(9)19-8-13-12-7-11(18)4-5-14(12)20-16(13)21/h2-8,20-21H,1H3. The number of hydrogen-bond acceptors (Lipinski definition) is 2. The van der Waals surface area contributed by atoms with Crippen LogP contribution >= 0.6 is 11.6 Å². The number of aromatic amines is 1. The number of aryl methyl sites for hydroxylation is 1. The van der Waals surface area contributed by atoms with E-state index in [2.05, 4.69) is 9.98 Å². The first-order chi connectivity index (χ1) is 10.0. The topological polar surface area (TPSA) is 48.4 Å². The second-order valence-electron chi connectivity index (χ2n) is 4.77. The average Bonchev–Trinajstić information content (AvgIpc) is 2.75. The summed E-state index contributed by atoms with van der Waals surface area (Å²) in [6, 6.07) is 9.66. The lowest BCUT2D eigenvalue weighted by Gasteiger charge is -2.00. The number of nitrogens with one attached hydrogen (secondary N) is 1. The van der Waals surface area contributed by atoms with Crippen molar-refractivity contribution in [1.29, 1.82) is 0 Å². The van der Waals surface area contributed by atoms with Gasteiger partial charge in [-0.1, -0.05) is 17.7 Å². The van der Waals surface area contributed by atoms with E-state index in [1.165, 1.54) is 18.3 Å². The minimum absolute atomic E-state index is 0.0426. The number of aromatic hydroxyl groups is 1. The molecule has 0 radical (unpaired) electrons. The highest BCUT2D eigenvalue weighted by Crippen LogP contribution is 2.28. The number of rotatable bonds is 2. The molecule has 0 spiro atoms. The monoisotopic (exact) mass is 302 g/mol. The van der Waals surface area contributed by atoms with E-state index in [0.29, 0.717) is 27.2 Å². The number of H-pyrrole nitrogens is 1. The van der Waals surface area contributed by atoms with E-state index in [9.17, 15) is 9.50 Å². The summed E-state index contributed by atoms with van der Waals surface area (Å²) in [4.78, 5) is 7.13. The molecule has 3 aromatic rings. The van der Waals surface area contributed by atoms with E-state index in [1.807, 2.05) is 13.0 Å². The molecule has 0 aliphatic carbocycles. The number of halogens is 2. The molecule has 0 aliphatic rings. The highest BCUT2D eigenvalue weighted by molar-refractivity contribution is 6.30. The Kier molecular flexibility index (Phi) is 3.39. The molecule has 3 rings (SSSR count). The molecule has 0 saturated carbocycles. The Hall–Kier alpha value is -2.33. The van der Waals surface area contributed by atoms with Gasteiger partial charge in [-0.15, -0.1) is 0 Å². The van der Waals surface area contributed by atoms with Crippen LogP contribution in [0.25, 0.3) is 10.9 Å². The molecule has 0 aliphatic heterocycles. The SMILES string of the molecule is Cc1ccc(Cl)cc1N=Cc1c(O)[nH]c2ccc(F)cc12. The van der Waals surface area contributed by atoms with Gasteiger partial charge in [-0.05, 0) is 42.8 Å². The second-order valence-corrected chi connectivity index (χ2v) is 5.20. The van der Waals surface area contributed by atoms with Gasteiger partial charge in [-0.3, -0.25) is 4.99 Å². The fourth-order valence-electron chi connectivity index (χ4n) is 2.16. The van der Waals surface area contributed by atoms with Gasteiger partial charge >= 0.3 is 0 Å². The largest absolute Gasteiger partial charge is 0.494 e. The molecule has 1 heterocycles. The minimum Gasteiger partial charge on any atom is -0.494 e. The van der Waals surface area contributed by atoms with E-state index < -0.39 is 0 Å². The summed E-state index contributed by atoms with van der Waals surface area (Å²) < 4.78 is 13.3. The van der Waals surface area contributed by atoms with Crippen LogP contribution in [0.1, 0.15) is 11.1 Å². The van der Waals surface area contributed by atoms with Gasteiger partial charge in [-0.25, -0.2) is 4.39 Å². The number of hydrogen-bond donors (Lipinski definition) is 2. The van der Waals surface area contributed by atoms with Gasteiger partial charge in [0.1, 0.15) is 5.82 Å². The van der Waals surface area contributed by atoms with Crippen LogP contribution in [-0.4, -0.2) is 16.3 Å². The lowest BCUT2D eigenvalue weighted by atomic mass is 10.1. The fraction of sp³-hybridized carbons (Fsp3) is 0.0625. The van der Waals surface area contributed by atoms with E-state index in [0.717, 1.165) is 5.56 Å². The van der Waals surface area contributed by atoms with Gasteiger partial charge in [0.15, 0.2) is 5.88 Å². The predicted octanol–water partition coefficient (Wildman–Crippen LogP) is 4.73. The molecule has 0 saturated heterocycles. The molecule has 2 N–H and O–H groups in total. The van der Waals surface area contributed by atoms with Gasteiger partial charge < -0.3 is 10.1 Å². The summed E-state index contributed by atoms with van der Waals surface area (Å²) in [5.74, 6) is -0.408. The van der Waals surface area contributed by atoms with Crippen molar-refractivity contribution >= 4 is 34.4 Å². The molecule has 0 bridgehead atoms. The number of benzene rings is 2. The van der Waals surface area contributed by atoms with Crippen LogP contribution in [0, 0.1) is 12.7 Å². The normalized spacial score (nSPS) is 11.6. The Labute approximate surface area is 125 Å². The summed E-state index contributed by atoms with van der Waals surface area (Å²) in [6.07, 6.45) is 1.51.